The molecule has 17 heavy (non-hydrogen) atoms. The molecule has 1 amide bonds. The highest BCUT2D eigenvalue weighted by Crippen LogP contribution is 2.11. The maximum Gasteiger partial charge on any atom is 0.272 e. The topological polar surface area (TPSA) is 76.4 Å². The number of methoxy groups -OCH3 is 1. The maximum absolute atomic E-state index is 11.8. The quantitative estimate of drug-likeness (QED) is 0.778. The van der Waals surface area contributed by atoms with Crippen molar-refractivity contribution in [2.24, 2.45) is 7.05 Å². The molecular formula is C11H19N3O3. The summed E-state index contributed by atoms with van der Waals surface area (Å²) in [6, 6.07) is 1.47. The summed E-state index contributed by atoms with van der Waals surface area (Å²) >= 11 is 0. The molecule has 2 atom stereocenters. The van der Waals surface area contributed by atoms with Crippen LogP contribution in [0.25, 0.3) is 0 Å². The van der Waals surface area contributed by atoms with Gasteiger partial charge in [-0.2, -0.15) is 5.10 Å². The number of aliphatic hydroxyl groups is 1. The largest absolute Gasteiger partial charge is 0.481 e. The standard InChI is InChI=1S/C11H19N3O3/c1-7(5-8(2)15)12-11(16)9-6-10(17-4)14(3)13-9/h6-8,15H,5H2,1-4H3,(H,12,16). The summed E-state index contributed by atoms with van der Waals surface area (Å²) < 4.78 is 6.52. The van der Waals surface area contributed by atoms with Crippen LogP contribution in [0.3, 0.4) is 0 Å². The van der Waals surface area contributed by atoms with Crippen molar-refractivity contribution in [3.8, 4) is 5.88 Å². The molecule has 6 heteroatoms. The molecule has 0 radical (unpaired) electrons. The summed E-state index contributed by atoms with van der Waals surface area (Å²) in [4.78, 5) is 11.8. The summed E-state index contributed by atoms with van der Waals surface area (Å²) in [6.45, 7) is 3.53. The third kappa shape index (κ3) is 3.74. The van der Waals surface area contributed by atoms with E-state index in [0.29, 0.717) is 18.0 Å². The summed E-state index contributed by atoms with van der Waals surface area (Å²) in [5, 5.41) is 16.0. The minimum Gasteiger partial charge on any atom is -0.481 e. The molecule has 1 aromatic heterocycles. The van der Waals surface area contributed by atoms with Crippen LogP contribution in [0.15, 0.2) is 6.07 Å². The lowest BCUT2D eigenvalue weighted by atomic mass is 10.1. The van der Waals surface area contributed by atoms with Gasteiger partial charge in [0.1, 0.15) is 0 Å². The molecule has 1 aromatic rings. The Hall–Kier alpha value is -1.56. The number of carbonyl (C=O) groups is 1. The van der Waals surface area contributed by atoms with Crippen molar-refractivity contribution in [3.63, 3.8) is 0 Å². The van der Waals surface area contributed by atoms with Gasteiger partial charge < -0.3 is 15.2 Å². The van der Waals surface area contributed by atoms with Gasteiger partial charge >= 0.3 is 0 Å². The molecule has 0 aromatic carbocycles. The molecule has 0 saturated carbocycles. The van der Waals surface area contributed by atoms with Crippen LogP contribution in [0.4, 0.5) is 0 Å². The average molecular weight is 241 g/mol. The Labute approximate surface area is 101 Å². The Bertz CT molecular complexity index is 387. The van der Waals surface area contributed by atoms with E-state index in [1.54, 1.807) is 20.0 Å². The van der Waals surface area contributed by atoms with E-state index in [4.69, 9.17) is 4.74 Å². The van der Waals surface area contributed by atoms with E-state index in [-0.39, 0.29) is 11.9 Å². The molecule has 0 fully saturated rings. The van der Waals surface area contributed by atoms with Gasteiger partial charge in [-0.15, -0.1) is 0 Å². The van der Waals surface area contributed by atoms with Gasteiger partial charge in [0.15, 0.2) is 5.69 Å². The SMILES string of the molecule is COc1cc(C(=O)NC(C)CC(C)O)nn1C. The maximum atomic E-state index is 11.8. The molecule has 1 heterocycles. The van der Waals surface area contributed by atoms with Crippen molar-refractivity contribution >= 4 is 5.91 Å². The van der Waals surface area contributed by atoms with E-state index < -0.39 is 6.10 Å². The lowest BCUT2D eigenvalue weighted by Crippen LogP contribution is -2.34. The van der Waals surface area contributed by atoms with Gasteiger partial charge in [-0.25, -0.2) is 4.68 Å². The lowest BCUT2D eigenvalue weighted by Gasteiger charge is -2.14. The predicted octanol–water partition coefficient (Wildman–Crippen LogP) is 0.318. The molecule has 0 saturated heterocycles. The summed E-state index contributed by atoms with van der Waals surface area (Å²) in [6.07, 6.45) is 0.0685. The first-order valence-electron chi connectivity index (χ1n) is 5.51. The Morgan fingerprint density at radius 1 is 1.65 bits per heavy atom. The zero-order valence-electron chi connectivity index (χ0n) is 10.6. The number of hydrogen-bond acceptors (Lipinski definition) is 4. The fourth-order valence-corrected chi connectivity index (χ4v) is 1.62. The van der Waals surface area contributed by atoms with E-state index in [1.165, 1.54) is 11.8 Å². The molecule has 1 rings (SSSR count). The monoisotopic (exact) mass is 241 g/mol. The molecule has 0 aliphatic rings. The summed E-state index contributed by atoms with van der Waals surface area (Å²) in [5.74, 6) is 0.260. The summed E-state index contributed by atoms with van der Waals surface area (Å²) in [5.41, 5.74) is 0.307. The van der Waals surface area contributed by atoms with Crippen LogP contribution in [0.2, 0.25) is 0 Å². The highest BCUT2D eigenvalue weighted by molar-refractivity contribution is 5.92. The smallest absolute Gasteiger partial charge is 0.272 e. The minimum absolute atomic E-state index is 0.101. The molecule has 0 aliphatic carbocycles. The van der Waals surface area contributed by atoms with E-state index in [0.717, 1.165) is 0 Å². The van der Waals surface area contributed by atoms with E-state index >= 15 is 0 Å². The van der Waals surface area contributed by atoms with Gasteiger partial charge in [-0.1, -0.05) is 0 Å². The van der Waals surface area contributed by atoms with Gasteiger partial charge in [0.05, 0.1) is 13.2 Å². The van der Waals surface area contributed by atoms with Crippen molar-refractivity contribution < 1.29 is 14.6 Å². The van der Waals surface area contributed by atoms with Crippen molar-refractivity contribution in [2.45, 2.75) is 32.4 Å². The number of ether oxygens (including phenoxy) is 1. The molecule has 2 N–H and O–H groups in total. The normalized spacial score (nSPS) is 14.2. The zero-order chi connectivity index (χ0) is 13.0. The number of carbonyl (C=O) groups excluding carboxylic acids is 1. The predicted molar refractivity (Wildman–Crippen MR) is 63.0 cm³/mol. The number of aliphatic hydroxyl groups excluding tert-OH is 1. The van der Waals surface area contributed by atoms with Crippen LogP contribution in [-0.2, 0) is 7.05 Å². The van der Waals surface area contributed by atoms with Gasteiger partial charge in [0.2, 0.25) is 5.88 Å². The van der Waals surface area contributed by atoms with Crippen LogP contribution in [0.5, 0.6) is 5.88 Å². The third-order valence-corrected chi connectivity index (χ3v) is 2.35. The van der Waals surface area contributed by atoms with Crippen LogP contribution in [-0.4, -0.2) is 40.0 Å². The molecule has 2 unspecified atom stereocenters. The molecule has 96 valence electrons. The Balaban J connectivity index is 2.63. The van der Waals surface area contributed by atoms with E-state index in [9.17, 15) is 9.90 Å². The Morgan fingerprint density at radius 3 is 2.76 bits per heavy atom. The van der Waals surface area contributed by atoms with Crippen LogP contribution >= 0.6 is 0 Å². The first-order chi connectivity index (χ1) is 7.93. The summed E-state index contributed by atoms with van der Waals surface area (Å²) in [7, 11) is 3.23. The van der Waals surface area contributed by atoms with Gasteiger partial charge in [0, 0.05) is 19.2 Å². The van der Waals surface area contributed by atoms with Crippen molar-refractivity contribution in [3.05, 3.63) is 11.8 Å². The van der Waals surface area contributed by atoms with E-state index in [1.807, 2.05) is 6.92 Å². The van der Waals surface area contributed by atoms with Crippen molar-refractivity contribution in [2.75, 3.05) is 7.11 Å². The number of rotatable bonds is 5. The molecule has 6 nitrogen and oxygen atoms in total. The first-order valence-corrected chi connectivity index (χ1v) is 5.51. The van der Waals surface area contributed by atoms with Crippen LogP contribution in [0, 0.1) is 0 Å². The van der Waals surface area contributed by atoms with E-state index in [2.05, 4.69) is 10.4 Å². The molecule has 0 bridgehead atoms. The fraction of sp³-hybridized carbons (Fsp3) is 0.636. The molecule has 0 spiro atoms. The zero-order valence-corrected chi connectivity index (χ0v) is 10.6. The molecule has 0 aliphatic heterocycles. The number of nitrogens with zero attached hydrogens (tertiary/aromatic N) is 2. The van der Waals surface area contributed by atoms with Crippen LogP contribution in [0.1, 0.15) is 30.8 Å². The number of aryl methyl sites for hydroxylation is 1. The highest BCUT2D eigenvalue weighted by atomic mass is 16.5. The van der Waals surface area contributed by atoms with Gasteiger partial charge in [-0.05, 0) is 20.3 Å². The number of aromatic nitrogens is 2. The highest BCUT2D eigenvalue weighted by Gasteiger charge is 2.16. The second-order valence-electron chi connectivity index (χ2n) is 4.15. The van der Waals surface area contributed by atoms with Crippen molar-refractivity contribution in [1.82, 2.24) is 15.1 Å². The first kappa shape index (κ1) is 13.5. The fourth-order valence-electron chi connectivity index (χ4n) is 1.62. The minimum atomic E-state index is -0.441. The average Bonchev–Trinajstić information content (AvgIpc) is 2.58. The number of hydrogen-bond donors (Lipinski definition) is 2. The van der Waals surface area contributed by atoms with Gasteiger partial charge in [0.25, 0.3) is 5.91 Å². The Kier molecular flexibility index (Phi) is 4.51. The third-order valence-electron chi connectivity index (χ3n) is 2.35. The van der Waals surface area contributed by atoms with Crippen molar-refractivity contribution in [1.29, 1.82) is 0 Å². The van der Waals surface area contributed by atoms with Gasteiger partial charge in [-0.3, -0.25) is 4.79 Å². The number of nitrogens with one attached hydrogen (secondary N) is 1. The second-order valence-corrected chi connectivity index (χ2v) is 4.15. The lowest BCUT2D eigenvalue weighted by molar-refractivity contribution is 0.0917. The van der Waals surface area contributed by atoms with Crippen LogP contribution < -0.4 is 10.1 Å². The molecular weight excluding hydrogens is 222 g/mol. The second kappa shape index (κ2) is 5.67. The Morgan fingerprint density at radius 2 is 2.29 bits per heavy atom. The number of amides is 1.